The summed E-state index contributed by atoms with van der Waals surface area (Å²) in [6.45, 7) is 8.65. The molecule has 1 aliphatic heterocycles. The van der Waals surface area contributed by atoms with Crippen molar-refractivity contribution < 1.29 is 9.90 Å². The number of nitrogens with zero attached hydrogens (tertiary/aromatic N) is 2. The van der Waals surface area contributed by atoms with Gasteiger partial charge in [-0.3, -0.25) is 4.90 Å². The first-order valence-electron chi connectivity index (χ1n) is 8.18. The van der Waals surface area contributed by atoms with Crippen LogP contribution in [0.15, 0.2) is 24.3 Å². The molecule has 0 aliphatic carbocycles. The van der Waals surface area contributed by atoms with E-state index >= 15 is 0 Å². The van der Waals surface area contributed by atoms with Crippen LogP contribution in [0.3, 0.4) is 0 Å². The van der Waals surface area contributed by atoms with Crippen LogP contribution in [0.5, 0.6) is 5.75 Å². The van der Waals surface area contributed by atoms with Crippen LogP contribution in [0.4, 0.5) is 4.79 Å². The highest BCUT2D eigenvalue weighted by Crippen LogP contribution is 2.15. The van der Waals surface area contributed by atoms with Gasteiger partial charge in [-0.05, 0) is 43.6 Å². The van der Waals surface area contributed by atoms with Gasteiger partial charge < -0.3 is 15.3 Å². The third kappa shape index (κ3) is 4.37. The van der Waals surface area contributed by atoms with Crippen molar-refractivity contribution in [2.75, 3.05) is 32.7 Å². The van der Waals surface area contributed by atoms with Gasteiger partial charge in [0.15, 0.2) is 0 Å². The summed E-state index contributed by atoms with van der Waals surface area (Å²) in [6, 6.07) is 7.68. The van der Waals surface area contributed by atoms with E-state index in [2.05, 4.69) is 24.1 Å². The number of rotatable bonds is 6. The molecule has 1 saturated heterocycles. The lowest BCUT2D eigenvalue weighted by molar-refractivity contribution is 0.193. The summed E-state index contributed by atoms with van der Waals surface area (Å²) in [6.07, 6.45) is 1.79. The number of amides is 2. The van der Waals surface area contributed by atoms with E-state index in [0.717, 1.165) is 44.6 Å². The number of nitrogens with one attached hydrogen (secondary N) is 1. The van der Waals surface area contributed by atoms with E-state index in [-0.39, 0.29) is 11.8 Å². The molecule has 2 N–H and O–H groups in total. The number of benzene rings is 1. The standard InChI is InChI=1S/C17H27N3O2/c1-3-19(4-2)15-9-11-20(13-15)17(22)18-10-8-14-6-5-7-16(21)12-14/h5-7,12,15,21H,3-4,8-11,13H2,1-2H3,(H,18,22)/t15-/m1/s1. The summed E-state index contributed by atoms with van der Waals surface area (Å²) in [4.78, 5) is 16.5. The molecular formula is C17H27N3O2. The molecule has 5 nitrogen and oxygen atoms in total. The number of phenolic OH excluding ortho intramolecular Hbond substituents is 1. The van der Waals surface area contributed by atoms with Crippen LogP contribution in [-0.2, 0) is 6.42 Å². The largest absolute Gasteiger partial charge is 0.508 e. The maximum atomic E-state index is 12.2. The minimum absolute atomic E-state index is 0.0230. The zero-order valence-electron chi connectivity index (χ0n) is 13.6. The maximum Gasteiger partial charge on any atom is 0.317 e. The van der Waals surface area contributed by atoms with Gasteiger partial charge in [-0.1, -0.05) is 26.0 Å². The molecule has 5 heteroatoms. The Balaban J connectivity index is 1.74. The van der Waals surface area contributed by atoms with Crippen molar-refractivity contribution >= 4 is 6.03 Å². The lowest BCUT2D eigenvalue weighted by Gasteiger charge is -2.26. The summed E-state index contributed by atoms with van der Waals surface area (Å²) in [5, 5.41) is 12.4. The molecule has 122 valence electrons. The third-order valence-corrected chi connectivity index (χ3v) is 4.38. The summed E-state index contributed by atoms with van der Waals surface area (Å²) in [7, 11) is 0. The number of aromatic hydroxyl groups is 1. The van der Waals surface area contributed by atoms with Gasteiger partial charge in [0, 0.05) is 25.7 Å². The van der Waals surface area contributed by atoms with Gasteiger partial charge in [-0.15, -0.1) is 0 Å². The van der Waals surface area contributed by atoms with Gasteiger partial charge in [0.2, 0.25) is 0 Å². The quantitative estimate of drug-likeness (QED) is 0.846. The predicted molar refractivity (Wildman–Crippen MR) is 88.1 cm³/mol. The molecular weight excluding hydrogens is 278 g/mol. The first-order chi connectivity index (χ1) is 10.6. The fourth-order valence-electron chi connectivity index (χ4n) is 3.10. The molecule has 1 atom stereocenters. The molecule has 1 aromatic rings. The first-order valence-corrected chi connectivity index (χ1v) is 8.18. The second-order valence-electron chi connectivity index (χ2n) is 5.76. The zero-order chi connectivity index (χ0) is 15.9. The lowest BCUT2D eigenvalue weighted by atomic mass is 10.1. The van der Waals surface area contributed by atoms with Crippen molar-refractivity contribution in [1.29, 1.82) is 0 Å². The van der Waals surface area contributed by atoms with E-state index in [1.807, 2.05) is 17.0 Å². The SMILES string of the molecule is CCN(CC)[C@@H]1CCN(C(=O)NCCc2cccc(O)c2)C1. The Kier molecular flexibility index (Phi) is 6.07. The van der Waals surface area contributed by atoms with E-state index in [4.69, 9.17) is 0 Å². The fraction of sp³-hybridized carbons (Fsp3) is 0.588. The highest BCUT2D eigenvalue weighted by atomic mass is 16.3. The van der Waals surface area contributed by atoms with E-state index in [0.29, 0.717) is 12.6 Å². The number of hydrogen-bond donors (Lipinski definition) is 2. The number of likely N-dealkylation sites (tertiary alicyclic amines) is 1. The zero-order valence-corrected chi connectivity index (χ0v) is 13.6. The van der Waals surface area contributed by atoms with E-state index in [1.54, 1.807) is 12.1 Å². The Morgan fingerprint density at radius 1 is 1.41 bits per heavy atom. The Bertz CT molecular complexity index is 489. The molecule has 2 amide bonds. The van der Waals surface area contributed by atoms with Crippen molar-refractivity contribution in [3.63, 3.8) is 0 Å². The molecule has 1 fully saturated rings. The van der Waals surface area contributed by atoms with E-state index in [1.165, 1.54) is 0 Å². The van der Waals surface area contributed by atoms with Crippen molar-refractivity contribution in [1.82, 2.24) is 15.1 Å². The monoisotopic (exact) mass is 305 g/mol. The maximum absolute atomic E-state index is 12.2. The molecule has 0 radical (unpaired) electrons. The molecule has 0 saturated carbocycles. The molecule has 22 heavy (non-hydrogen) atoms. The lowest BCUT2D eigenvalue weighted by Crippen LogP contribution is -2.42. The first kappa shape index (κ1) is 16.6. The Morgan fingerprint density at radius 3 is 2.86 bits per heavy atom. The van der Waals surface area contributed by atoms with Gasteiger partial charge in [-0.2, -0.15) is 0 Å². The predicted octanol–water partition coefficient (Wildman–Crippen LogP) is 2.06. The minimum Gasteiger partial charge on any atom is -0.508 e. The van der Waals surface area contributed by atoms with Gasteiger partial charge in [0.05, 0.1) is 0 Å². The smallest absolute Gasteiger partial charge is 0.317 e. The second-order valence-corrected chi connectivity index (χ2v) is 5.76. The van der Waals surface area contributed by atoms with Crippen molar-refractivity contribution in [3.05, 3.63) is 29.8 Å². The summed E-state index contributed by atoms with van der Waals surface area (Å²) >= 11 is 0. The average molecular weight is 305 g/mol. The van der Waals surface area contributed by atoms with Crippen LogP contribution >= 0.6 is 0 Å². The number of phenols is 1. The van der Waals surface area contributed by atoms with Crippen molar-refractivity contribution in [2.24, 2.45) is 0 Å². The normalized spacial score (nSPS) is 18.0. The minimum atomic E-state index is 0.0230. The average Bonchev–Trinajstić information content (AvgIpc) is 2.98. The van der Waals surface area contributed by atoms with Crippen molar-refractivity contribution in [2.45, 2.75) is 32.7 Å². The second kappa shape index (κ2) is 8.03. The van der Waals surface area contributed by atoms with Crippen LogP contribution in [-0.4, -0.2) is 59.7 Å². The highest BCUT2D eigenvalue weighted by Gasteiger charge is 2.28. The van der Waals surface area contributed by atoms with Crippen LogP contribution in [0, 0.1) is 0 Å². The highest BCUT2D eigenvalue weighted by molar-refractivity contribution is 5.74. The van der Waals surface area contributed by atoms with Crippen molar-refractivity contribution in [3.8, 4) is 5.75 Å². The molecule has 0 bridgehead atoms. The molecule has 1 aliphatic rings. The van der Waals surface area contributed by atoms with Gasteiger partial charge in [-0.25, -0.2) is 4.79 Å². The van der Waals surface area contributed by atoms with Gasteiger partial charge >= 0.3 is 6.03 Å². The number of hydrogen-bond acceptors (Lipinski definition) is 3. The topological polar surface area (TPSA) is 55.8 Å². The number of carbonyl (C=O) groups excluding carboxylic acids is 1. The number of carbonyl (C=O) groups is 1. The summed E-state index contributed by atoms with van der Waals surface area (Å²) in [5.41, 5.74) is 1.03. The molecule has 0 aromatic heterocycles. The molecule has 0 unspecified atom stereocenters. The number of likely N-dealkylation sites (N-methyl/N-ethyl adjacent to an activating group) is 1. The Morgan fingerprint density at radius 2 is 2.18 bits per heavy atom. The van der Waals surface area contributed by atoms with Crippen LogP contribution in [0.1, 0.15) is 25.8 Å². The molecule has 2 rings (SSSR count). The third-order valence-electron chi connectivity index (χ3n) is 4.38. The molecule has 0 spiro atoms. The fourth-order valence-corrected chi connectivity index (χ4v) is 3.10. The summed E-state index contributed by atoms with van der Waals surface area (Å²) in [5.74, 6) is 0.269. The van der Waals surface area contributed by atoms with Gasteiger partial charge in [0.25, 0.3) is 0 Å². The Labute approximate surface area is 132 Å². The Hall–Kier alpha value is -1.75. The summed E-state index contributed by atoms with van der Waals surface area (Å²) < 4.78 is 0. The number of urea groups is 1. The van der Waals surface area contributed by atoms with E-state index < -0.39 is 0 Å². The van der Waals surface area contributed by atoms with Crippen LogP contribution in [0.2, 0.25) is 0 Å². The molecule has 1 aromatic carbocycles. The van der Waals surface area contributed by atoms with Crippen LogP contribution < -0.4 is 5.32 Å². The van der Waals surface area contributed by atoms with Gasteiger partial charge in [0.1, 0.15) is 5.75 Å². The van der Waals surface area contributed by atoms with Crippen LogP contribution in [0.25, 0.3) is 0 Å². The van der Waals surface area contributed by atoms with E-state index in [9.17, 15) is 9.90 Å². The molecule has 1 heterocycles.